The number of hydrogen-bond acceptors (Lipinski definition) is 3. The van der Waals surface area contributed by atoms with Gasteiger partial charge in [0.25, 0.3) is 11.8 Å². The van der Waals surface area contributed by atoms with E-state index in [0.29, 0.717) is 11.3 Å². The summed E-state index contributed by atoms with van der Waals surface area (Å²) < 4.78 is 5.07. The van der Waals surface area contributed by atoms with Gasteiger partial charge in [-0.15, -0.1) is 0 Å². The van der Waals surface area contributed by atoms with Crippen LogP contribution in [-0.2, 0) is 6.42 Å². The number of amides is 2. The van der Waals surface area contributed by atoms with Crippen LogP contribution in [0.4, 0.5) is 11.4 Å². The van der Waals surface area contributed by atoms with E-state index in [4.69, 9.17) is 4.42 Å². The lowest BCUT2D eigenvalue weighted by Crippen LogP contribution is -2.35. The van der Waals surface area contributed by atoms with Crippen molar-refractivity contribution in [2.75, 3.05) is 10.2 Å². The lowest BCUT2D eigenvalue weighted by molar-refractivity contribution is 0.0979. The van der Waals surface area contributed by atoms with E-state index in [2.05, 4.69) is 18.3 Å². The van der Waals surface area contributed by atoms with Crippen LogP contribution in [-0.4, -0.2) is 17.9 Å². The second kappa shape index (κ2) is 6.52. The molecule has 0 bridgehead atoms. The number of para-hydroxylation sites is 1. The molecule has 1 atom stereocenters. The Morgan fingerprint density at radius 3 is 2.54 bits per heavy atom. The van der Waals surface area contributed by atoms with Crippen LogP contribution in [0.3, 0.4) is 0 Å². The number of furan rings is 1. The first-order valence-corrected chi connectivity index (χ1v) is 8.50. The number of rotatable bonds is 3. The second-order valence-corrected chi connectivity index (χ2v) is 6.37. The SMILES string of the molecule is C[C@H]1Cc2ccccc2N1C(=O)c1ccc(NC(=O)c2ccco2)cc1. The zero-order chi connectivity index (χ0) is 18.1. The van der Waals surface area contributed by atoms with Crippen molar-refractivity contribution in [3.8, 4) is 0 Å². The van der Waals surface area contributed by atoms with Crippen LogP contribution in [0.25, 0.3) is 0 Å². The maximum absolute atomic E-state index is 13.0. The molecule has 2 aromatic carbocycles. The van der Waals surface area contributed by atoms with Gasteiger partial charge in [0.05, 0.1) is 6.26 Å². The molecule has 2 amide bonds. The largest absolute Gasteiger partial charge is 0.459 e. The smallest absolute Gasteiger partial charge is 0.291 e. The van der Waals surface area contributed by atoms with Gasteiger partial charge in [0, 0.05) is 23.0 Å². The highest BCUT2D eigenvalue weighted by Crippen LogP contribution is 2.33. The molecule has 0 spiro atoms. The topological polar surface area (TPSA) is 62.6 Å². The van der Waals surface area contributed by atoms with Crippen molar-refractivity contribution >= 4 is 23.2 Å². The third kappa shape index (κ3) is 2.88. The lowest BCUT2D eigenvalue weighted by Gasteiger charge is -2.23. The Kier molecular flexibility index (Phi) is 4.05. The average Bonchev–Trinajstić information content (AvgIpc) is 3.29. The van der Waals surface area contributed by atoms with E-state index in [-0.39, 0.29) is 23.6 Å². The first kappa shape index (κ1) is 16.1. The van der Waals surface area contributed by atoms with Gasteiger partial charge < -0.3 is 14.6 Å². The fraction of sp³-hybridized carbons (Fsp3) is 0.143. The number of anilines is 2. The molecule has 130 valence electrons. The number of carbonyl (C=O) groups is 2. The van der Waals surface area contributed by atoms with Crippen LogP contribution in [0.5, 0.6) is 0 Å². The summed E-state index contributed by atoms with van der Waals surface area (Å²) in [6.07, 6.45) is 2.31. The van der Waals surface area contributed by atoms with E-state index >= 15 is 0 Å². The van der Waals surface area contributed by atoms with Crippen LogP contribution in [0, 0.1) is 0 Å². The normalized spacial score (nSPS) is 15.6. The highest BCUT2D eigenvalue weighted by molar-refractivity contribution is 6.08. The lowest BCUT2D eigenvalue weighted by atomic mass is 10.1. The van der Waals surface area contributed by atoms with Gasteiger partial charge in [-0.2, -0.15) is 0 Å². The molecule has 4 rings (SSSR count). The Bertz CT molecular complexity index is 946. The van der Waals surface area contributed by atoms with Crippen LogP contribution in [0.15, 0.2) is 71.3 Å². The van der Waals surface area contributed by atoms with Gasteiger partial charge in [-0.3, -0.25) is 9.59 Å². The predicted molar refractivity (Wildman–Crippen MR) is 99.5 cm³/mol. The first-order valence-electron chi connectivity index (χ1n) is 8.50. The van der Waals surface area contributed by atoms with E-state index < -0.39 is 0 Å². The summed E-state index contributed by atoms with van der Waals surface area (Å²) in [5.74, 6) is -0.116. The van der Waals surface area contributed by atoms with Crippen LogP contribution in [0.2, 0.25) is 0 Å². The molecule has 3 aromatic rings. The monoisotopic (exact) mass is 346 g/mol. The standard InChI is InChI=1S/C21H18N2O3/c1-14-13-16-5-2-3-6-18(16)23(14)21(25)15-8-10-17(11-9-15)22-20(24)19-7-4-12-26-19/h2-12,14H,13H2,1H3,(H,22,24)/t14-/m0/s1. The molecule has 1 aromatic heterocycles. The highest BCUT2D eigenvalue weighted by Gasteiger charge is 2.31. The molecular weight excluding hydrogens is 328 g/mol. The van der Waals surface area contributed by atoms with Crippen molar-refractivity contribution in [2.45, 2.75) is 19.4 Å². The van der Waals surface area contributed by atoms with Gasteiger partial charge in [0.2, 0.25) is 0 Å². The Balaban J connectivity index is 1.52. The van der Waals surface area contributed by atoms with Crippen molar-refractivity contribution < 1.29 is 14.0 Å². The van der Waals surface area contributed by atoms with E-state index in [1.54, 1.807) is 36.4 Å². The maximum Gasteiger partial charge on any atom is 0.291 e. The summed E-state index contributed by atoms with van der Waals surface area (Å²) in [5, 5.41) is 2.75. The number of nitrogens with zero attached hydrogens (tertiary/aromatic N) is 1. The van der Waals surface area contributed by atoms with Crippen LogP contribution >= 0.6 is 0 Å². The number of nitrogens with one attached hydrogen (secondary N) is 1. The second-order valence-electron chi connectivity index (χ2n) is 6.37. The Labute approximate surface area is 151 Å². The summed E-state index contributed by atoms with van der Waals surface area (Å²) in [6.45, 7) is 2.05. The molecule has 0 saturated carbocycles. The third-order valence-electron chi connectivity index (χ3n) is 4.56. The van der Waals surface area contributed by atoms with E-state index in [1.165, 1.54) is 11.8 Å². The molecule has 1 aliphatic rings. The highest BCUT2D eigenvalue weighted by atomic mass is 16.3. The van der Waals surface area contributed by atoms with E-state index in [1.807, 2.05) is 23.1 Å². The van der Waals surface area contributed by atoms with E-state index in [9.17, 15) is 9.59 Å². The molecule has 5 nitrogen and oxygen atoms in total. The Morgan fingerprint density at radius 1 is 1.04 bits per heavy atom. The minimum Gasteiger partial charge on any atom is -0.459 e. The zero-order valence-electron chi connectivity index (χ0n) is 14.3. The number of benzene rings is 2. The summed E-state index contributed by atoms with van der Waals surface area (Å²) >= 11 is 0. The van der Waals surface area contributed by atoms with Gasteiger partial charge in [0.1, 0.15) is 0 Å². The molecule has 0 fully saturated rings. The Hall–Kier alpha value is -3.34. The minimum atomic E-state index is -0.323. The maximum atomic E-state index is 13.0. The molecule has 0 aliphatic carbocycles. The molecule has 1 aliphatic heterocycles. The molecule has 1 N–H and O–H groups in total. The molecule has 0 saturated heterocycles. The molecule has 0 unspecified atom stereocenters. The molecular formula is C21H18N2O3. The van der Waals surface area contributed by atoms with Crippen molar-refractivity contribution in [3.63, 3.8) is 0 Å². The van der Waals surface area contributed by atoms with Crippen molar-refractivity contribution in [1.29, 1.82) is 0 Å². The average molecular weight is 346 g/mol. The number of carbonyl (C=O) groups excluding carboxylic acids is 2. The van der Waals surface area contributed by atoms with Crippen LogP contribution < -0.4 is 10.2 Å². The Morgan fingerprint density at radius 2 is 1.81 bits per heavy atom. The molecule has 2 heterocycles. The summed E-state index contributed by atoms with van der Waals surface area (Å²) in [5.41, 5.74) is 3.36. The summed E-state index contributed by atoms with van der Waals surface area (Å²) in [4.78, 5) is 26.8. The fourth-order valence-corrected chi connectivity index (χ4v) is 3.31. The quantitative estimate of drug-likeness (QED) is 0.776. The van der Waals surface area contributed by atoms with Gasteiger partial charge in [-0.25, -0.2) is 0 Å². The van der Waals surface area contributed by atoms with Gasteiger partial charge in [0.15, 0.2) is 5.76 Å². The number of fused-ring (bicyclic) bond motifs is 1. The fourth-order valence-electron chi connectivity index (χ4n) is 3.31. The van der Waals surface area contributed by atoms with Crippen molar-refractivity contribution in [1.82, 2.24) is 0 Å². The minimum absolute atomic E-state index is 0.0358. The zero-order valence-corrected chi connectivity index (χ0v) is 14.3. The molecule has 0 radical (unpaired) electrons. The third-order valence-corrected chi connectivity index (χ3v) is 4.56. The molecule has 26 heavy (non-hydrogen) atoms. The first-order chi connectivity index (χ1) is 12.6. The van der Waals surface area contributed by atoms with Gasteiger partial charge in [-0.1, -0.05) is 18.2 Å². The van der Waals surface area contributed by atoms with Crippen molar-refractivity contribution in [3.05, 3.63) is 83.8 Å². The summed E-state index contributed by atoms with van der Waals surface area (Å²) in [7, 11) is 0. The predicted octanol–water partition coefficient (Wildman–Crippen LogP) is 4.12. The van der Waals surface area contributed by atoms with Crippen LogP contribution in [0.1, 0.15) is 33.4 Å². The van der Waals surface area contributed by atoms with Gasteiger partial charge in [-0.05, 0) is 61.4 Å². The number of hydrogen-bond donors (Lipinski definition) is 1. The van der Waals surface area contributed by atoms with E-state index in [0.717, 1.165) is 12.1 Å². The van der Waals surface area contributed by atoms with Crippen molar-refractivity contribution in [2.24, 2.45) is 0 Å². The summed E-state index contributed by atoms with van der Waals surface area (Å²) in [6, 6.07) is 18.3. The molecule has 5 heteroatoms. The van der Waals surface area contributed by atoms with Gasteiger partial charge >= 0.3 is 0 Å².